The lowest BCUT2D eigenvalue weighted by Crippen LogP contribution is -2.61. The second kappa shape index (κ2) is 8.59. The van der Waals surface area contributed by atoms with Crippen molar-refractivity contribution in [1.82, 2.24) is 16.0 Å². The van der Waals surface area contributed by atoms with Crippen LogP contribution in [-0.4, -0.2) is 36.6 Å². The lowest BCUT2D eigenvalue weighted by atomic mass is 9.53. The smallest absolute Gasteiger partial charge is 0.315 e. The molecule has 6 nitrogen and oxygen atoms in total. The Kier molecular flexibility index (Phi) is 6.43. The van der Waals surface area contributed by atoms with Gasteiger partial charge in [-0.15, -0.1) is 0 Å². The molecule has 0 aromatic carbocycles. The van der Waals surface area contributed by atoms with Gasteiger partial charge in [0, 0.05) is 31.1 Å². The van der Waals surface area contributed by atoms with E-state index in [1.165, 1.54) is 19.3 Å². The number of amides is 3. The van der Waals surface area contributed by atoms with Crippen LogP contribution in [-0.2, 0) is 4.79 Å². The molecule has 4 aliphatic carbocycles. The van der Waals surface area contributed by atoms with Crippen molar-refractivity contribution >= 4 is 11.9 Å². The summed E-state index contributed by atoms with van der Waals surface area (Å²) in [6.45, 7) is 2.96. The van der Waals surface area contributed by atoms with Gasteiger partial charge in [-0.25, -0.2) is 4.79 Å². The number of rotatable bonds is 9. The molecule has 4 saturated carbocycles. The predicted octanol–water partition coefficient (Wildman–Crippen LogP) is 2.28. The van der Waals surface area contributed by atoms with E-state index in [-0.39, 0.29) is 23.5 Å². The second-order valence-corrected chi connectivity index (χ2v) is 8.97. The summed E-state index contributed by atoms with van der Waals surface area (Å²) in [7, 11) is 0. The van der Waals surface area contributed by atoms with Gasteiger partial charge in [0.2, 0.25) is 5.91 Å². The van der Waals surface area contributed by atoms with Crippen LogP contribution in [0.15, 0.2) is 0 Å². The SMILES string of the molecule is CCCCC(CN)NC(=O)CCNC(=O)NC12CC3CC(CC(C3)C1)C2. The van der Waals surface area contributed by atoms with E-state index in [0.717, 1.165) is 56.3 Å². The minimum absolute atomic E-state index is 0.0197. The van der Waals surface area contributed by atoms with Crippen molar-refractivity contribution in [2.45, 2.75) is 82.7 Å². The molecule has 0 spiro atoms. The third-order valence-corrected chi connectivity index (χ3v) is 6.61. The molecule has 148 valence electrons. The monoisotopic (exact) mass is 364 g/mol. The summed E-state index contributed by atoms with van der Waals surface area (Å²) in [5, 5.41) is 9.12. The minimum atomic E-state index is -0.110. The molecule has 0 radical (unpaired) electrons. The van der Waals surface area contributed by atoms with Gasteiger partial charge < -0.3 is 21.7 Å². The molecule has 3 amide bonds. The highest BCUT2D eigenvalue weighted by molar-refractivity contribution is 5.78. The summed E-state index contributed by atoms with van der Waals surface area (Å²) in [5.41, 5.74) is 5.73. The summed E-state index contributed by atoms with van der Waals surface area (Å²) < 4.78 is 0. The van der Waals surface area contributed by atoms with Crippen LogP contribution in [0.5, 0.6) is 0 Å². The zero-order valence-corrected chi connectivity index (χ0v) is 16.2. The van der Waals surface area contributed by atoms with E-state index in [0.29, 0.717) is 19.5 Å². The zero-order chi connectivity index (χ0) is 18.6. The van der Waals surface area contributed by atoms with Gasteiger partial charge in [0.15, 0.2) is 0 Å². The molecule has 0 saturated heterocycles. The first-order valence-electron chi connectivity index (χ1n) is 10.6. The Balaban J connectivity index is 1.36. The van der Waals surface area contributed by atoms with E-state index >= 15 is 0 Å². The number of hydrogen-bond donors (Lipinski definition) is 4. The molecule has 4 rings (SSSR count). The van der Waals surface area contributed by atoms with Crippen molar-refractivity contribution in [3.8, 4) is 0 Å². The fraction of sp³-hybridized carbons (Fsp3) is 0.900. The van der Waals surface area contributed by atoms with Crippen molar-refractivity contribution < 1.29 is 9.59 Å². The number of hydrogen-bond acceptors (Lipinski definition) is 3. The average Bonchev–Trinajstić information content (AvgIpc) is 2.56. The second-order valence-electron chi connectivity index (χ2n) is 8.97. The minimum Gasteiger partial charge on any atom is -0.352 e. The molecule has 4 fully saturated rings. The molecule has 1 atom stereocenters. The van der Waals surface area contributed by atoms with Crippen LogP contribution in [0.25, 0.3) is 0 Å². The topological polar surface area (TPSA) is 96.2 Å². The number of urea groups is 1. The van der Waals surface area contributed by atoms with Gasteiger partial charge >= 0.3 is 6.03 Å². The van der Waals surface area contributed by atoms with Crippen molar-refractivity contribution in [2.75, 3.05) is 13.1 Å². The Morgan fingerprint density at radius 1 is 1.12 bits per heavy atom. The Morgan fingerprint density at radius 3 is 2.27 bits per heavy atom. The van der Waals surface area contributed by atoms with Gasteiger partial charge in [-0.05, 0) is 62.7 Å². The summed E-state index contributed by atoms with van der Waals surface area (Å²) >= 11 is 0. The third kappa shape index (κ3) is 4.90. The Labute approximate surface area is 157 Å². The molecule has 5 N–H and O–H groups in total. The largest absolute Gasteiger partial charge is 0.352 e. The van der Waals surface area contributed by atoms with E-state index < -0.39 is 0 Å². The van der Waals surface area contributed by atoms with Gasteiger partial charge in [0.25, 0.3) is 0 Å². The Bertz CT molecular complexity index is 473. The maximum atomic E-state index is 12.4. The summed E-state index contributed by atoms with van der Waals surface area (Å²) in [6, 6.07) is -0.0654. The summed E-state index contributed by atoms with van der Waals surface area (Å²) in [5.74, 6) is 2.39. The molecule has 26 heavy (non-hydrogen) atoms. The standard InChI is InChI=1S/C20H36N4O2/c1-2-3-4-17(13-21)23-18(25)5-6-22-19(26)24-20-10-14-7-15(11-20)9-16(8-14)12-20/h14-17H,2-13,21H2,1H3,(H,23,25)(H2,22,24,26). The quantitative estimate of drug-likeness (QED) is 0.505. The van der Waals surface area contributed by atoms with E-state index in [1.54, 1.807) is 0 Å². The number of unbranched alkanes of at least 4 members (excludes halogenated alkanes) is 1. The molecule has 0 heterocycles. The molecular formula is C20H36N4O2. The van der Waals surface area contributed by atoms with Gasteiger partial charge in [-0.1, -0.05) is 19.8 Å². The summed E-state index contributed by atoms with van der Waals surface area (Å²) in [6.07, 6.45) is 10.9. The fourth-order valence-electron chi connectivity index (χ4n) is 5.84. The van der Waals surface area contributed by atoms with Crippen molar-refractivity contribution in [3.63, 3.8) is 0 Å². The number of nitrogens with one attached hydrogen (secondary N) is 3. The lowest BCUT2D eigenvalue weighted by molar-refractivity contribution is -0.121. The van der Waals surface area contributed by atoms with E-state index in [2.05, 4.69) is 22.9 Å². The van der Waals surface area contributed by atoms with E-state index in [4.69, 9.17) is 5.73 Å². The highest BCUT2D eigenvalue weighted by atomic mass is 16.2. The van der Waals surface area contributed by atoms with E-state index in [1.807, 2.05) is 0 Å². The van der Waals surface area contributed by atoms with Crippen molar-refractivity contribution in [2.24, 2.45) is 23.5 Å². The summed E-state index contributed by atoms with van der Waals surface area (Å²) in [4.78, 5) is 24.4. The first-order valence-corrected chi connectivity index (χ1v) is 10.6. The first-order chi connectivity index (χ1) is 12.5. The number of carbonyl (C=O) groups is 2. The van der Waals surface area contributed by atoms with Crippen LogP contribution in [0.1, 0.15) is 71.1 Å². The predicted molar refractivity (Wildman–Crippen MR) is 103 cm³/mol. The lowest BCUT2D eigenvalue weighted by Gasteiger charge is -2.56. The zero-order valence-electron chi connectivity index (χ0n) is 16.2. The number of nitrogens with two attached hydrogens (primary N) is 1. The first kappa shape index (κ1) is 19.5. The van der Waals surface area contributed by atoms with Gasteiger partial charge in [0.1, 0.15) is 0 Å². The highest BCUT2D eigenvalue weighted by Gasteiger charge is 2.51. The van der Waals surface area contributed by atoms with Gasteiger partial charge in [-0.2, -0.15) is 0 Å². The molecule has 6 heteroatoms. The van der Waals surface area contributed by atoms with Crippen LogP contribution < -0.4 is 21.7 Å². The van der Waals surface area contributed by atoms with Crippen LogP contribution in [0.4, 0.5) is 4.79 Å². The van der Waals surface area contributed by atoms with Gasteiger partial charge in [-0.3, -0.25) is 4.79 Å². The molecule has 0 aromatic rings. The van der Waals surface area contributed by atoms with Crippen LogP contribution in [0.2, 0.25) is 0 Å². The van der Waals surface area contributed by atoms with Crippen LogP contribution in [0.3, 0.4) is 0 Å². The highest BCUT2D eigenvalue weighted by Crippen LogP contribution is 2.55. The average molecular weight is 365 g/mol. The van der Waals surface area contributed by atoms with Crippen molar-refractivity contribution in [3.05, 3.63) is 0 Å². The Morgan fingerprint density at radius 2 is 1.73 bits per heavy atom. The fourth-order valence-corrected chi connectivity index (χ4v) is 5.84. The van der Waals surface area contributed by atoms with Gasteiger partial charge in [0.05, 0.1) is 0 Å². The van der Waals surface area contributed by atoms with Crippen molar-refractivity contribution in [1.29, 1.82) is 0 Å². The van der Waals surface area contributed by atoms with Crippen LogP contribution >= 0.6 is 0 Å². The number of carbonyl (C=O) groups excluding carboxylic acids is 2. The molecule has 1 unspecified atom stereocenters. The molecule has 0 aliphatic heterocycles. The molecular weight excluding hydrogens is 328 g/mol. The molecule has 0 aromatic heterocycles. The Hall–Kier alpha value is -1.30. The van der Waals surface area contributed by atoms with E-state index in [9.17, 15) is 9.59 Å². The van der Waals surface area contributed by atoms with Crippen LogP contribution in [0, 0.1) is 17.8 Å². The molecule has 4 aliphatic rings. The molecule has 4 bridgehead atoms. The maximum absolute atomic E-state index is 12.4. The normalized spacial score (nSPS) is 32.9. The third-order valence-electron chi connectivity index (χ3n) is 6.61. The maximum Gasteiger partial charge on any atom is 0.315 e.